The van der Waals surface area contributed by atoms with Gasteiger partial charge >= 0.3 is 5.97 Å². The van der Waals surface area contributed by atoms with E-state index in [-0.39, 0.29) is 11.4 Å². The molecule has 1 atom stereocenters. The number of hydrogen-bond donors (Lipinski definition) is 2. The van der Waals surface area contributed by atoms with Crippen molar-refractivity contribution in [1.82, 2.24) is 9.71 Å². The average Bonchev–Trinajstić information content (AvgIpc) is 2.27. The van der Waals surface area contributed by atoms with E-state index >= 15 is 0 Å². The van der Waals surface area contributed by atoms with Crippen molar-refractivity contribution >= 4 is 16.0 Å². The molecule has 88 valence electrons. The molecule has 16 heavy (non-hydrogen) atoms. The number of aromatic nitrogens is 1. The first-order valence-electron chi connectivity index (χ1n) is 4.56. The molecule has 0 amide bonds. The molecule has 0 aliphatic heterocycles. The third kappa shape index (κ3) is 3.28. The molecule has 1 heterocycles. The maximum Gasteiger partial charge on any atom is 0.307 e. The van der Waals surface area contributed by atoms with Crippen molar-refractivity contribution in [2.24, 2.45) is 5.92 Å². The predicted molar refractivity (Wildman–Crippen MR) is 56.2 cm³/mol. The van der Waals surface area contributed by atoms with Gasteiger partial charge < -0.3 is 5.11 Å². The van der Waals surface area contributed by atoms with Crippen LogP contribution < -0.4 is 4.72 Å². The summed E-state index contributed by atoms with van der Waals surface area (Å²) in [6, 6.07) is 2.88. The predicted octanol–water partition coefficient (Wildman–Crippen LogP) is 0.0806. The van der Waals surface area contributed by atoms with E-state index in [1.807, 2.05) is 0 Å². The summed E-state index contributed by atoms with van der Waals surface area (Å²) in [7, 11) is -3.66. The first-order chi connectivity index (χ1) is 7.43. The van der Waals surface area contributed by atoms with Gasteiger partial charge in [-0.05, 0) is 12.1 Å². The average molecular weight is 244 g/mol. The van der Waals surface area contributed by atoms with Crippen molar-refractivity contribution in [3.63, 3.8) is 0 Å². The van der Waals surface area contributed by atoms with E-state index in [0.29, 0.717) is 0 Å². The molecular weight excluding hydrogens is 232 g/mol. The lowest BCUT2D eigenvalue weighted by Crippen LogP contribution is -2.31. The Labute approximate surface area is 93.4 Å². The topological polar surface area (TPSA) is 96.4 Å². The summed E-state index contributed by atoms with van der Waals surface area (Å²) in [4.78, 5) is 14.2. The van der Waals surface area contributed by atoms with Gasteiger partial charge in [0.25, 0.3) is 0 Å². The molecule has 0 aromatic carbocycles. The van der Waals surface area contributed by atoms with Crippen molar-refractivity contribution in [1.29, 1.82) is 0 Å². The summed E-state index contributed by atoms with van der Waals surface area (Å²) in [5, 5.41) is 8.60. The van der Waals surface area contributed by atoms with Crippen LogP contribution in [0.25, 0.3) is 0 Å². The molecule has 0 saturated carbocycles. The first-order valence-corrected chi connectivity index (χ1v) is 6.04. The van der Waals surface area contributed by atoms with Crippen LogP contribution in [0.15, 0.2) is 29.4 Å². The number of rotatable bonds is 5. The van der Waals surface area contributed by atoms with E-state index in [9.17, 15) is 13.2 Å². The van der Waals surface area contributed by atoms with E-state index in [2.05, 4.69) is 9.71 Å². The number of nitrogens with one attached hydrogen (secondary N) is 1. The third-order valence-corrected chi connectivity index (χ3v) is 3.35. The Hall–Kier alpha value is -1.47. The minimum absolute atomic E-state index is 0.0209. The van der Waals surface area contributed by atoms with Crippen molar-refractivity contribution in [3.05, 3.63) is 24.5 Å². The van der Waals surface area contributed by atoms with Gasteiger partial charge in [-0.1, -0.05) is 6.92 Å². The summed E-state index contributed by atoms with van der Waals surface area (Å²) >= 11 is 0. The van der Waals surface area contributed by atoms with Gasteiger partial charge in [0.05, 0.1) is 5.92 Å². The molecule has 1 rings (SSSR count). The second-order valence-corrected chi connectivity index (χ2v) is 5.05. The SMILES string of the molecule is CC(CNS(=O)(=O)c1cccnc1)C(=O)O. The van der Waals surface area contributed by atoms with Gasteiger partial charge in [-0.25, -0.2) is 13.1 Å². The lowest BCUT2D eigenvalue weighted by Gasteiger charge is -2.08. The molecule has 7 heteroatoms. The fourth-order valence-electron chi connectivity index (χ4n) is 0.911. The number of sulfonamides is 1. The van der Waals surface area contributed by atoms with Crippen LogP contribution in [0.1, 0.15) is 6.92 Å². The van der Waals surface area contributed by atoms with E-state index in [0.717, 1.165) is 0 Å². The maximum absolute atomic E-state index is 11.6. The monoisotopic (exact) mass is 244 g/mol. The van der Waals surface area contributed by atoms with Crippen LogP contribution in [0.3, 0.4) is 0 Å². The molecule has 0 aliphatic carbocycles. The summed E-state index contributed by atoms with van der Waals surface area (Å²) in [6.45, 7) is 1.28. The van der Waals surface area contributed by atoms with E-state index in [4.69, 9.17) is 5.11 Å². The third-order valence-electron chi connectivity index (χ3n) is 1.95. The van der Waals surface area contributed by atoms with Gasteiger partial charge in [0.1, 0.15) is 4.90 Å². The number of carboxylic acids is 1. The lowest BCUT2D eigenvalue weighted by atomic mass is 10.2. The van der Waals surface area contributed by atoms with E-state index in [1.54, 1.807) is 0 Å². The van der Waals surface area contributed by atoms with Gasteiger partial charge in [-0.2, -0.15) is 0 Å². The molecule has 1 aromatic heterocycles. The Bertz CT molecular complexity index is 458. The van der Waals surface area contributed by atoms with Crippen LogP contribution in [0.2, 0.25) is 0 Å². The number of hydrogen-bond acceptors (Lipinski definition) is 4. The Kier molecular flexibility index (Phi) is 3.97. The van der Waals surface area contributed by atoms with E-state index < -0.39 is 21.9 Å². The van der Waals surface area contributed by atoms with Gasteiger partial charge in [0.15, 0.2) is 0 Å². The van der Waals surface area contributed by atoms with Gasteiger partial charge in [-0.3, -0.25) is 9.78 Å². The van der Waals surface area contributed by atoms with Crippen LogP contribution >= 0.6 is 0 Å². The largest absolute Gasteiger partial charge is 0.481 e. The van der Waals surface area contributed by atoms with Crippen LogP contribution in [-0.2, 0) is 14.8 Å². The van der Waals surface area contributed by atoms with Crippen LogP contribution in [-0.4, -0.2) is 31.0 Å². The van der Waals surface area contributed by atoms with Crippen molar-refractivity contribution in [2.75, 3.05) is 6.54 Å². The number of carboxylic acid groups (broad SMARTS) is 1. The molecule has 0 fully saturated rings. The zero-order chi connectivity index (χ0) is 12.2. The Morgan fingerprint density at radius 3 is 2.81 bits per heavy atom. The molecule has 0 bridgehead atoms. The molecular formula is C9H12N2O4S. The van der Waals surface area contributed by atoms with Crippen LogP contribution in [0, 0.1) is 5.92 Å². The first kappa shape index (κ1) is 12.6. The Balaban J connectivity index is 2.71. The van der Waals surface area contributed by atoms with E-state index in [1.165, 1.54) is 31.5 Å². The highest BCUT2D eigenvalue weighted by atomic mass is 32.2. The Morgan fingerprint density at radius 1 is 1.62 bits per heavy atom. The smallest absolute Gasteiger partial charge is 0.307 e. The normalized spacial score (nSPS) is 13.3. The maximum atomic E-state index is 11.6. The Morgan fingerprint density at radius 2 is 2.31 bits per heavy atom. The molecule has 2 N–H and O–H groups in total. The van der Waals surface area contributed by atoms with Crippen molar-refractivity contribution in [2.45, 2.75) is 11.8 Å². The van der Waals surface area contributed by atoms with Gasteiger partial charge in [0, 0.05) is 18.9 Å². The fraction of sp³-hybridized carbons (Fsp3) is 0.333. The molecule has 0 saturated heterocycles. The number of carbonyl (C=O) groups is 1. The number of nitrogens with zero attached hydrogens (tertiary/aromatic N) is 1. The highest BCUT2D eigenvalue weighted by molar-refractivity contribution is 7.89. The van der Waals surface area contributed by atoms with Gasteiger partial charge in [0.2, 0.25) is 10.0 Å². The molecule has 1 unspecified atom stereocenters. The number of aliphatic carboxylic acids is 1. The second kappa shape index (κ2) is 5.04. The minimum Gasteiger partial charge on any atom is -0.481 e. The highest BCUT2D eigenvalue weighted by Crippen LogP contribution is 2.05. The molecule has 0 aliphatic rings. The van der Waals surface area contributed by atoms with Crippen LogP contribution in [0.4, 0.5) is 0 Å². The second-order valence-electron chi connectivity index (χ2n) is 3.28. The molecule has 6 nitrogen and oxygen atoms in total. The molecule has 0 spiro atoms. The highest BCUT2D eigenvalue weighted by Gasteiger charge is 2.17. The van der Waals surface area contributed by atoms with Gasteiger partial charge in [-0.15, -0.1) is 0 Å². The summed E-state index contributed by atoms with van der Waals surface area (Å²) in [5.74, 6) is -1.82. The van der Waals surface area contributed by atoms with Crippen molar-refractivity contribution < 1.29 is 18.3 Å². The van der Waals surface area contributed by atoms with Crippen molar-refractivity contribution in [3.8, 4) is 0 Å². The fourth-order valence-corrected chi connectivity index (χ4v) is 2.00. The lowest BCUT2D eigenvalue weighted by molar-refractivity contribution is -0.140. The molecule has 1 aromatic rings. The zero-order valence-electron chi connectivity index (χ0n) is 8.62. The summed E-state index contributed by atoms with van der Waals surface area (Å²) in [6.07, 6.45) is 2.66. The quantitative estimate of drug-likeness (QED) is 0.764. The zero-order valence-corrected chi connectivity index (χ0v) is 9.44. The molecule has 0 radical (unpaired) electrons. The standard InChI is InChI=1S/C9H12N2O4S/c1-7(9(12)13)5-11-16(14,15)8-3-2-4-10-6-8/h2-4,6-7,11H,5H2,1H3,(H,12,13). The minimum atomic E-state index is -3.66. The van der Waals surface area contributed by atoms with Crippen LogP contribution in [0.5, 0.6) is 0 Å². The number of pyridine rings is 1. The summed E-state index contributed by atoms with van der Waals surface area (Å²) in [5.41, 5.74) is 0. The summed E-state index contributed by atoms with van der Waals surface area (Å²) < 4.78 is 25.4.